The van der Waals surface area contributed by atoms with E-state index in [4.69, 9.17) is 4.74 Å². The second-order valence-electron chi connectivity index (χ2n) is 5.65. The summed E-state index contributed by atoms with van der Waals surface area (Å²) in [6.45, 7) is 3.25. The molecule has 2 heterocycles. The van der Waals surface area contributed by atoms with Crippen molar-refractivity contribution in [1.29, 1.82) is 0 Å². The first-order chi connectivity index (χ1) is 11.7. The van der Waals surface area contributed by atoms with Gasteiger partial charge in [0.2, 0.25) is 5.91 Å². The molecule has 1 aromatic carbocycles. The summed E-state index contributed by atoms with van der Waals surface area (Å²) in [4.78, 5) is 21.0. The van der Waals surface area contributed by atoms with Gasteiger partial charge in [0.05, 0.1) is 11.6 Å². The van der Waals surface area contributed by atoms with Gasteiger partial charge in [0.1, 0.15) is 5.75 Å². The number of thiazole rings is 1. The van der Waals surface area contributed by atoms with Crippen LogP contribution in [0.3, 0.4) is 0 Å². The lowest BCUT2D eigenvalue weighted by atomic mass is 10.1. The molecule has 0 saturated carbocycles. The molecule has 1 fully saturated rings. The summed E-state index contributed by atoms with van der Waals surface area (Å²) in [5.74, 6) is 1.03. The molecule has 1 aliphatic rings. The van der Waals surface area contributed by atoms with Crippen molar-refractivity contribution in [3.8, 4) is 5.75 Å². The van der Waals surface area contributed by atoms with Gasteiger partial charge in [0.25, 0.3) is 0 Å². The summed E-state index contributed by atoms with van der Waals surface area (Å²) in [6.07, 6.45) is 3.11. The van der Waals surface area contributed by atoms with Gasteiger partial charge in [0, 0.05) is 44.2 Å². The van der Waals surface area contributed by atoms with Crippen LogP contribution in [0.25, 0.3) is 0 Å². The number of aromatic nitrogens is 1. The number of piperazine rings is 1. The van der Waals surface area contributed by atoms with Gasteiger partial charge in [-0.15, -0.1) is 11.3 Å². The molecule has 128 valence electrons. The van der Waals surface area contributed by atoms with Crippen molar-refractivity contribution in [3.63, 3.8) is 0 Å². The van der Waals surface area contributed by atoms with Crippen molar-refractivity contribution in [2.24, 2.45) is 0 Å². The normalized spacial score (nSPS) is 14.8. The minimum atomic E-state index is 0.223. The SMILES string of the molecule is COc1ccc(CCC(=O)N2CCN(c3nccs3)CC2)cc1Br. The van der Waals surface area contributed by atoms with Crippen molar-refractivity contribution < 1.29 is 9.53 Å². The molecule has 1 amide bonds. The Morgan fingerprint density at radius 1 is 1.33 bits per heavy atom. The molecular weight excluding hydrogens is 390 g/mol. The largest absolute Gasteiger partial charge is 0.496 e. The second-order valence-corrected chi connectivity index (χ2v) is 7.38. The Labute approximate surface area is 154 Å². The Balaban J connectivity index is 1.48. The van der Waals surface area contributed by atoms with E-state index in [2.05, 4.69) is 25.8 Å². The zero-order valence-electron chi connectivity index (χ0n) is 13.6. The van der Waals surface area contributed by atoms with Crippen LogP contribution in [0.4, 0.5) is 5.13 Å². The van der Waals surface area contributed by atoms with Gasteiger partial charge in [-0.2, -0.15) is 0 Å². The lowest BCUT2D eigenvalue weighted by Gasteiger charge is -2.34. The van der Waals surface area contributed by atoms with Crippen molar-refractivity contribution in [2.45, 2.75) is 12.8 Å². The molecule has 1 aromatic heterocycles. The molecule has 1 aliphatic heterocycles. The molecule has 24 heavy (non-hydrogen) atoms. The van der Waals surface area contributed by atoms with Crippen LogP contribution in [0, 0.1) is 0 Å². The number of methoxy groups -OCH3 is 1. The predicted molar refractivity (Wildman–Crippen MR) is 99.9 cm³/mol. The fourth-order valence-corrected chi connectivity index (χ4v) is 4.08. The van der Waals surface area contributed by atoms with Crippen LogP contribution in [0.1, 0.15) is 12.0 Å². The Morgan fingerprint density at radius 2 is 2.12 bits per heavy atom. The highest BCUT2D eigenvalue weighted by Gasteiger charge is 2.22. The molecule has 0 radical (unpaired) electrons. The summed E-state index contributed by atoms with van der Waals surface area (Å²) in [5, 5.41) is 3.03. The van der Waals surface area contributed by atoms with E-state index in [-0.39, 0.29) is 5.91 Å². The molecule has 7 heteroatoms. The summed E-state index contributed by atoms with van der Waals surface area (Å²) in [5.41, 5.74) is 1.14. The summed E-state index contributed by atoms with van der Waals surface area (Å²) in [6, 6.07) is 5.96. The number of aryl methyl sites for hydroxylation is 1. The molecule has 5 nitrogen and oxygen atoms in total. The Hall–Kier alpha value is -1.60. The lowest BCUT2D eigenvalue weighted by molar-refractivity contribution is -0.131. The predicted octanol–water partition coefficient (Wildman–Crippen LogP) is 3.20. The second kappa shape index (κ2) is 7.98. The molecule has 0 unspecified atom stereocenters. The molecule has 1 saturated heterocycles. The molecule has 3 rings (SSSR count). The van der Waals surface area contributed by atoms with Crippen molar-refractivity contribution in [1.82, 2.24) is 9.88 Å². The number of anilines is 1. The third-order valence-electron chi connectivity index (χ3n) is 4.17. The molecule has 2 aromatic rings. The Kier molecular flexibility index (Phi) is 5.73. The van der Waals surface area contributed by atoms with Gasteiger partial charge in [0.15, 0.2) is 5.13 Å². The number of rotatable bonds is 5. The number of hydrogen-bond acceptors (Lipinski definition) is 5. The maximum Gasteiger partial charge on any atom is 0.223 e. The van der Waals surface area contributed by atoms with E-state index in [0.29, 0.717) is 6.42 Å². The quantitative estimate of drug-likeness (QED) is 0.760. The van der Waals surface area contributed by atoms with Crippen LogP contribution >= 0.6 is 27.3 Å². The van der Waals surface area contributed by atoms with Crippen molar-refractivity contribution in [2.75, 3.05) is 38.2 Å². The topological polar surface area (TPSA) is 45.7 Å². The van der Waals surface area contributed by atoms with Gasteiger partial charge in [-0.1, -0.05) is 6.07 Å². The fourth-order valence-electron chi connectivity index (χ4n) is 2.79. The first-order valence-electron chi connectivity index (χ1n) is 7.92. The number of amides is 1. The van der Waals surface area contributed by atoms with E-state index in [1.54, 1.807) is 18.4 Å². The molecule has 0 bridgehead atoms. The number of hydrogen-bond donors (Lipinski definition) is 0. The third kappa shape index (κ3) is 4.08. The van der Waals surface area contributed by atoms with Crippen molar-refractivity contribution >= 4 is 38.3 Å². The average molecular weight is 410 g/mol. The summed E-state index contributed by atoms with van der Waals surface area (Å²) < 4.78 is 6.15. The zero-order chi connectivity index (χ0) is 16.9. The average Bonchev–Trinajstić information content (AvgIpc) is 3.14. The Bertz CT molecular complexity index is 685. The third-order valence-corrected chi connectivity index (χ3v) is 5.62. The molecule has 0 spiro atoms. The fraction of sp³-hybridized carbons (Fsp3) is 0.412. The zero-order valence-corrected chi connectivity index (χ0v) is 16.0. The molecular formula is C17H20BrN3O2S. The van der Waals surface area contributed by atoms with Gasteiger partial charge in [-0.25, -0.2) is 4.98 Å². The summed E-state index contributed by atoms with van der Waals surface area (Å²) >= 11 is 5.13. The molecule has 0 N–H and O–H groups in total. The first-order valence-corrected chi connectivity index (χ1v) is 9.59. The van der Waals surface area contributed by atoms with E-state index in [1.807, 2.05) is 34.7 Å². The number of ether oxygens (including phenoxy) is 1. The maximum atomic E-state index is 12.4. The van der Waals surface area contributed by atoms with Gasteiger partial charge < -0.3 is 14.5 Å². The number of carbonyl (C=O) groups excluding carboxylic acids is 1. The van der Waals surface area contributed by atoms with Gasteiger partial charge in [-0.05, 0) is 40.0 Å². The van der Waals surface area contributed by atoms with Crippen LogP contribution in [0.5, 0.6) is 5.75 Å². The van der Waals surface area contributed by atoms with Crippen LogP contribution in [-0.4, -0.2) is 49.1 Å². The van der Waals surface area contributed by atoms with E-state index in [9.17, 15) is 4.79 Å². The highest BCUT2D eigenvalue weighted by molar-refractivity contribution is 9.10. The van der Waals surface area contributed by atoms with Crippen LogP contribution in [-0.2, 0) is 11.2 Å². The number of nitrogens with zero attached hydrogens (tertiary/aromatic N) is 3. The molecule has 0 atom stereocenters. The molecule has 0 aliphatic carbocycles. The van der Waals surface area contributed by atoms with Gasteiger partial charge >= 0.3 is 0 Å². The smallest absolute Gasteiger partial charge is 0.223 e. The Morgan fingerprint density at radius 3 is 2.75 bits per heavy atom. The minimum absolute atomic E-state index is 0.223. The van der Waals surface area contributed by atoms with E-state index in [1.165, 1.54) is 0 Å². The van der Waals surface area contributed by atoms with E-state index >= 15 is 0 Å². The minimum Gasteiger partial charge on any atom is -0.496 e. The van der Waals surface area contributed by atoms with E-state index in [0.717, 1.165) is 53.5 Å². The number of benzene rings is 1. The van der Waals surface area contributed by atoms with E-state index < -0.39 is 0 Å². The standard InChI is InChI=1S/C17H20BrN3O2S/c1-23-15-4-2-13(12-14(15)18)3-5-16(22)20-7-9-21(10-8-20)17-19-6-11-24-17/h2,4,6,11-12H,3,5,7-10H2,1H3. The lowest BCUT2D eigenvalue weighted by Crippen LogP contribution is -2.48. The van der Waals surface area contributed by atoms with Crippen LogP contribution < -0.4 is 9.64 Å². The first kappa shape index (κ1) is 17.2. The highest BCUT2D eigenvalue weighted by Crippen LogP contribution is 2.26. The number of carbonyl (C=O) groups is 1. The highest BCUT2D eigenvalue weighted by atomic mass is 79.9. The van der Waals surface area contributed by atoms with Crippen LogP contribution in [0.2, 0.25) is 0 Å². The van der Waals surface area contributed by atoms with Crippen molar-refractivity contribution in [3.05, 3.63) is 39.8 Å². The van der Waals surface area contributed by atoms with Gasteiger partial charge in [-0.3, -0.25) is 4.79 Å². The number of halogens is 1. The maximum absolute atomic E-state index is 12.4. The monoisotopic (exact) mass is 409 g/mol. The van der Waals surface area contributed by atoms with Crippen LogP contribution in [0.15, 0.2) is 34.2 Å². The summed E-state index contributed by atoms with van der Waals surface area (Å²) in [7, 11) is 1.65.